The zero-order valence-corrected chi connectivity index (χ0v) is 28.0. The summed E-state index contributed by atoms with van der Waals surface area (Å²) in [6, 6.07) is 16.5. The van der Waals surface area contributed by atoms with Crippen LogP contribution in [0.5, 0.6) is 11.5 Å². The summed E-state index contributed by atoms with van der Waals surface area (Å²) in [4.78, 5) is 19.1. The molecule has 46 heavy (non-hydrogen) atoms. The van der Waals surface area contributed by atoms with Gasteiger partial charge in [-0.25, -0.2) is 9.59 Å². The number of carboxylic acid groups (broad SMARTS) is 2. The van der Waals surface area contributed by atoms with E-state index in [1.165, 1.54) is 11.1 Å². The number of carbonyl (C=O) groups is 2. The predicted molar refractivity (Wildman–Crippen MR) is 178 cm³/mol. The number of aliphatic carboxylic acids is 2. The maximum Gasteiger partial charge on any atom is 0.328 e. The maximum atomic E-state index is 9.73. The second-order valence-corrected chi connectivity index (χ2v) is 10.8. The Morgan fingerprint density at radius 1 is 0.652 bits per heavy atom. The zero-order valence-electron chi connectivity index (χ0n) is 28.0. The van der Waals surface area contributed by atoms with Crippen molar-refractivity contribution in [3.8, 4) is 11.5 Å². The first-order chi connectivity index (χ1) is 21.9. The van der Waals surface area contributed by atoms with Gasteiger partial charge in [0.1, 0.15) is 36.9 Å². The van der Waals surface area contributed by atoms with E-state index in [2.05, 4.69) is 10.6 Å². The highest BCUT2D eigenvalue weighted by atomic mass is 16.5. The van der Waals surface area contributed by atoms with Crippen molar-refractivity contribution in [3.05, 3.63) is 71.8 Å². The summed E-state index contributed by atoms with van der Waals surface area (Å²) in [5.74, 6) is -0.950. The molecule has 0 aliphatic heterocycles. The van der Waals surface area contributed by atoms with Gasteiger partial charge in [-0.1, -0.05) is 52.0 Å². The molecular formula is C34H54N2O10. The van der Waals surface area contributed by atoms with Gasteiger partial charge < -0.3 is 50.0 Å². The third-order valence-corrected chi connectivity index (χ3v) is 5.81. The van der Waals surface area contributed by atoms with Gasteiger partial charge in [-0.2, -0.15) is 0 Å². The van der Waals surface area contributed by atoms with Crippen LogP contribution in [-0.2, 0) is 31.9 Å². The number of ether oxygens (including phenoxy) is 4. The molecule has 2 unspecified atom stereocenters. The topological polar surface area (TPSA) is 176 Å². The largest absolute Gasteiger partial charge is 0.491 e. The van der Waals surface area contributed by atoms with Crippen molar-refractivity contribution in [1.82, 2.24) is 10.6 Å². The minimum Gasteiger partial charge on any atom is -0.491 e. The molecule has 0 saturated heterocycles. The van der Waals surface area contributed by atoms with E-state index in [4.69, 9.17) is 29.2 Å². The van der Waals surface area contributed by atoms with Gasteiger partial charge in [0.2, 0.25) is 0 Å². The first kappa shape index (κ1) is 42.5. The molecule has 0 saturated carbocycles. The SMILES string of the molecule is COCCc1ccc(OCC(O)CNC(C)C)cc1.COCCc1ccc(OCC(O)CNC(C)C)cc1.O=C(O)C=CC(=O)O. The number of hydrogen-bond donors (Lipinski definition) is 6. The highest BCUT2D eigenvalue weighted by Crippen LogP contribution is 2.14. The molecule has 0 heterocycles. The zero-order chi connectivity index (χ0) is 34.7. The molecule has 0 aliphatic rings. The number of rotatable bonds is 20. The van der Waals surface area contributed by atoms with Gasteiger partial charge in [-0.3, -0.25) is 0 Å². The summed E-state index contributed by atoms with van der Waals surface area (Å²) in [5, 5.41) is 41.4. The minimum atomic E-state index is -1.26. The third-order valence-electron chi connectivity index (χ3n) is 5.81. The van der Waals surface area contributed by atoms with Crippen LogP contribution in [0.3, 0.4) is 0 Å². The standard InChI is InChI=1S/2C15H25NO3.C4H4O4/c2*1-12(2)16-10-14(17)11-19-15-6-4-13(5-7-15)8-9-18-3;5-3(6)1-2-4(7)8/h2*4-7,12,14,16-17H,8-11H2,1-3H3;1-2H,(H,5,6)(H,7,8). The molecular weight excluding hydrogens is 596 g/mol. The lowest BCUT2D eigenvalue weighted by Gasteiger charge is -2.15. The monoisotopic (exact) mass is 650 g/mol. The van der Waals surface area contributed by atoms with Crippen LogP contribution in [0.2, 0.25) is 0 Å². The molecule has 2 aromatic carbocycles. The van der Waals surface area contributed by atoms with Crippen molar-refractivity contribution in [3.63, 3.8) is 0 Å². The maximum absolute atomic E-state index is 9.73. The van der Waals surface area contributed by atoms with E-state index in [1.54, 1.807) is 14.2 Å². The smallest absolute Gasteiger partial charge is 0.328 e. The molecule has 2 rings (SSSR count). The van der Waals surface area contributed by atoms with Crippen LogP contribution >= 0.6 is 0 Å². The van der Waals surface area contributed by atoms with E-state index in [0.29, 0.717) is 50.5 Å². The van der Waals surface area contributed by atoms with Crippen LogP contribution in [0.1, 0.15) is 38.8 Å². The number of benzene rings is 2. The van der Waals surface area contributed by atoms with Crippen LogP contribution in [0.4, 0.5) is 0 Å². The average Bonchev–Trinajstić information content (AvgIpc) is 3.03. The van der Waals surface area contributed by atoms with Crippen molar-refractivity contribution in [2.45, 2.75) is 64.8 Å². The second-order valence-electron chi connectivity index (χ2n) is 10.8. The Kier molecular flexibility index (Phi) is 24.6. The molecule has 2 aromatic rings. The van der Waals surface area contributed by atoms with Crippen molar-refractivity contribution in [2.75, 3.05) is 53.7 Å². The summed E-state index contributed by atoms with van der Waals surface area (Å²) in [6.45, 7) is 11.3. The summed E-state index contributed by atoms with van der Waals surface area (Å²) in [7, 11) is 3.40. The number of hydrogen-bond acceptors (Lipinski definition) is 10. The predicted octanol–water partition coefficient (Wildman–Crippen LogP) is 2.94. The fourth-order valence-electron chi connectivity index (χ4n) is 3.33. The van der Waals surface area contributed by atoms with Crippen molar-refractivity contribution in [2.24, 2.45) is 0 Å². The number of aliphatic hydroxyl groups is 2. The number of carboxylic acids is 2. The van der Waals surface area contributed by atoms with E-state index >= 15 is 0 Å². The number of aliphatic hydroxyl groups excluding tert-OH is 2. The lowest BCUT2D eigenvalue weighted by Crippen LogP contribution is -2.35. The third kappa shape index (κ3) is 25.8. The molecule has 0 spiro atoms. The van der Waals surface area contributed by atoms with Gasteiger partial charge in [-0.15, -0.1) is 0 Å². The van der Waals surface area contributed by atoms with Gasteiger partial charge in [0.25, 0.3) is 0 Å². The normalized spacial score (nSPS) is 12.1. The van der Waals surface area contributed by atoms with E-state index < -0.39 is 24.1 Å². The molecule has 0 bridgehead atoms. The van der Waals surface area contributed by atoms with Gasteiger partial charge >= 0.3 is 11.9 Å². The summed E-state index contributed by atoms with van der Waals surface area (Å²) < 4.78 is 21.1. The van der Waals surface area contributed by atoms with Crippen LogP contribution in [-0.4, -0.2) is 110 Å². The van der Waals surface area contributed by atoms with Crippen molar-refractivity contribution >= 4 is 11.9 Å². The summed E-state index contributed by atoms with van der Waals surface area (Å²) in [6.07, 6.45) is 1.94. The van der Waals surface area contributed by atoms with Gasteiger partial charge in [0.15, 0.2) is 0 Å². The van der Waals surface area contributed by atoms with E-state index in [-0.39, 0.29) is 0 Å². The Labute approximate surface area is 273 Å². The number of methoxy groups -OCH3 is 2. The van der Waals surface area contributed by atoms with E-state index in [1.807, 2.05) is 76.2 Å². The van der Waals surface area contributed by atoms with Crippen LogP contribution in [0, 0.1) is 0 Å². The number of nitrogens with one attached hydrogen (secondary N) is 2. The Morgan fingerprint density at radius 2 is 0.978 bits per heavy atom. The molecule has 0 radical (unpaired) electrons. The second kappa shape index (κ2) is 26.7. The van der Waals surface area contributed by atoms with Crippen LogP contribution < -0.4 is 20.1 Å². The highest BCUT2D eigenvalue weighted by molar-refractivity contribution is 5.89. The molecule has 12 nitrogen and oxygen atoms in total. The van der Waals surface area contributed by atoms with Gasteiger partial charge in [0.05, 0.1) is 13.2 Å². The molecule has 12 heteroatoms. The quantitative estimate of drug-likeness (QED) is 0.116. The fraction of sp³-hybridized carbons (Fsp3) is 0.529. The lowest BCUT2D eigenvalue weighted by molar-refractivity contribution is -0.134. The summed E-state index contributed by atoms with van der Waals surface area (Å²) >= 11 is 0. The molecule has 0 aromatic heterocycles. The van der Waals surface area contributed by atoms with Crippen molar-refractivity contribution in [1.29, 1.82) is 0 Å². The minimum absolute atomic E-state index is 0.303. The molecule has 260 valence electrons. The average molecular weight is 651 g/mol. The Bertz CT molecular complexity index is 991. The van der Waals surface area contributed by atoms with E-state index in [9.17, 15) is 19.8 Å². The van der Waals surface area contributed by atoms with Gasteiger partial charge in [-0.05, 0) is 48.2 Å². The molecule has 6 N–H and O–H groups in total. The molecule has 2 atom stereocenters. The molecule has 0 fully saturated rings. The summed E-state index contributed by atoms with van der Waals surface area (Å²) in [5.41, 5.74) is 2.44. The first-order valence-electron chi connectivity index (χ1n) is 15.2. The highest BCUT2D eigenvalue weighted by Gasteiger charge is 2.07. The Hall–Kier alpha value is -3.52. The Morgan fingerprint density at radius 3 is 1.24 bits per heavy atom. The Balaban J connectivity index is 0.000000716. The molecule has 0 amide bonds. The fourth-order valence-corrected chi connectivity index (χ4v) is 3.33. The van der Waals surface area contributed by atoms with Gasteiger partial charge in [0, 0.05) is 51.5 Å². The molecule has 0 aliphatic carbocycles. The first-order valence-corrected chi connectivity index (χ1v) is 15.2. The van der Waals surface area contributed by atoms with Crippen LogP contribution in [0.15, 0.2) is 60.7 Å². The van der Waals surface area contributed by atoms with Crippen LogP contribution in [0.25, 0.3) is 0 Å². The van der Waals surface area contributed by atoms with Crippen molar-refractivity contribution < 1.29 is 49.0 Å². The van der Waals surface area contributed by atoms with E-state index in [0.717, 1.165) is 37.6 Å². The lowest BCUT2D eigenvalue weighted by atomic mass is 10.1.